The molecule has 6 nitrogen and oxygen atoms in total. The molecule has 0 aromatic heterocycles. The average Bonchev–Trinajstić information content (AvgIpc) is 2.65. The average molecular weight is 433 g/mol. The summed E-state index contributed by atoms with van der Waals surface area (Å²) in [6.45, 7) is 2.47. The lowest BCUT2D eigenvalue weighted by atomic mass is 10.1. The minimum Gasteiger partial charge on any atom is -0.466 e. The van der Waals surface area contributed by atoms with E-state index in [0.29, 0.717) is 36.4 Å². The van der Waals surface area contributed by atoms with Gasteiger partial charge in [0.05, 0.1) is 6.61 Å². The first-order chi connectivity index (χ1) is 13.0. The maximum absolute atomic E-state index is 12.3. The topological polar surface area (TPSA) is 84.5 Å². The van der Waals surface area contributed by atoms with E-state index < -0.39 is 0 Å². The van der Waals surface area contributed by atoms with E-state index in [1.165, 1.54) is 0 Å². The van der Waals surface area contributed by atoms with Crippen molar-refractivity contribution in [3.05, 3.63) is 64.1 Å². The number of hydrogen-bond acceptors (Lipinski definition) is 4. The van der Waals surface area contributed by atoms with Gasteiger partial charge < -0.3 is 15.4 Å². The van der Waals surface area contributed by atoms with Crippen LogP contribution in [0.15, 0.2) is 53.0 Å². The van der Waals surface area contributed by atoms with Gasteiger partial charge in [-0.25, -0.2) is 0 Å². The molecule has 0 spiro atoms. The van der Waals surface area contributed by atoms with Crippen molar-refractivity contribution in [3.63, 3.8) is 0 Å². The van der Waals surface area contributed by atoms with Crippen LogP contribution < -0.4 is 10.6 Å². The number of amides is 2. The van der Waals surface area contributed by atoms with E-state index >= 15 is 0 Å². The molecule has 0 aliphatic rings. The van der Waals surface area contributed by atoms with Crippen molar-refractivity contribution in [1.82, 2.24) is 5.32 Å². The van der Waals surface area contributed by atoms with Crippen molar-refractivity contribution in [2.24, 2.45) is 0 Å². The van der Waals surface area contributed by atoms with Crippen molar-refractivity contribution in [2.75, 3.05) is 18.5 Å². The van der Waals surface area contributed by atoms with Crippen LogP contribution >= 0.6 is 15.9 Å². The SMILES string of the molecule is CCOC(=O)CCCNC(=O)c1cccc(NC(=O)c2cccc(Br)c2)c1. The predicted octanol–water partition coefficient (Wildman–Crippen LogP) is 3.77. The maximum atomic E-state index is 12.3. The molecule has 2 rings (SSSR count). The van der Waals surface area contributed by atoms with E-state index in [-0.39, 0.29) is 24.2 Å². The second-order valence-corrected chi connectivity index (χ2v) is 6.63. The number of carbonyl (C=O) groups is 3. The number of hydrogen-bond donors (Lipinski definition) is 2. The smallest absolute Gasteiger partial charge is 0.305 e. The molecule has 0 saturated heterocycles. The molecule has 0 bridgehead atoms. The van der Waals surface area contributed by atoms with Crippen LogP contribution in [0.4, 0.5) is 5.69 Å². The van der Waals surface area contributed by atoms with Gasteiger partial charge in [0.1, 0.15) is 0 Å². The number of rotatable bonds is 8. The third-order valence-corrected chi connectivity index (χ3v) is 4.11. The summed E-state index contributed by atoms with van der Waals surface area (Å²) in [5.41, 5.74) is 1.47. The molecule has 2 N–H and O–H groups in total. The molecule has 0 aliphatic heterocycles. The van der Waals surface area contributed by atoms with Crippen LogP contribution in [0.5, 0.6) is 0 Å². The third kappa shape index (κ3) is 6.86. The van der Waals surface area contributed by atoms with Crippen molar-refractivity contribution in [2.45, 2.75) is 19.8 Å². The third-order valence-electron chi connectivity index (χ3n) is 3.62. The van der Waals surface area contributed by atoms with Crippen LogP contribution in [0, 0.1) is 0 Å². The van der Waals surface area contributed by atoms with Crippen LogP contribution in [0.3, 0.4) is 0 Å². The van der Waals surface area contributed by atoms with Gasteiger partial charge >= 0.3 is 5.97 Å². The molecule has 2 aromatic carbocycles. The van der Waals surface area contributed by atoms with Crippen molar-refractivity contribution in [1.29, 1.82) is 0 Å². The van der Waals surface area contributed by atoms with Gasteiger partial charge in [-0.15, -0.1) is 0 Å². The van der Waals surface area contributed by atoms with E-state index in [1.54, 1.807) is 49.4 Å². The summed E-state index contributed by atoms with van der Waals surface area (Å²) < 4.78 is 5.65. The minimum atomic E-state index is -0.274. The van der Waals surface area contributed by atoms with Gasteiger partial charge in [-0.3, -0.25) is 14.4 Å². The Balaban J connectivity index is 1.89. The molecule has 0 unspecified atom stereocenters. The standard InChI is InChI=1S/C20H21BrN2O4/c1-2-27-18(24)10-5-11-22-19(25)15-7-4-9-17(13-15)23-20(26)14-6-3-8-16(21)12-14/h3-4,6-9,12-13H,2,5,10-11H2,1H3,(H,22,25)(H,23,26). The monoisotopic (exact) mass is 432 g/mol. The summed E-state index contributed by atoms with van der Waals surface area (Å²) in [6, 6.07) is 13.7. The summed E-state index contributed by atoms with van der Waals surface area (Å²) >= 11 is 3.33. The first-order valence-corrected chi connectivity index (χ1v) is 9.39. The Hall–Kier alpha value is -2.67. The van der Waals surface area contributed by atoms with Crippen LogP contribution in [0.1, 0.15) is 40.5 Å². The van der Waals surface area contributed by atoms with Crippen LogP contribution in [-0.2, 0) is 9.53 Å². The Morgan fingerprint density at radius 1 is 1.00 bits per heavy atom. The van der Waals surface area contributed by atoms with Gasteiger partial charge in [-0.1, -0.05) is 28.1 Å². The van der Waals surface area contributed by atoms with Gasteiger partial charge in [-0.2, -0.15) is 0 Å². The second-order valence-electron chi connectivity index (χ2n) is 5.71. The fraction of sp³-hybridized carbons (Fsp3) is 0.250. The zero-order valence-corrected chi connectivity index (χ0v) is 16.5. The summed E-state index contributed by atoms with van der Waals surface area (Å²) in [5.74, 6) is -0.801. The van der Waals surface area contributed by atoms with Gasteiger partial charge in [-0.05, 0) is 49.7 Å². The molecule has 27 heavy (non-hydrogen) atoms. The highest BCUT2D eigenvalue weighted by Gasteiger charge is 2.10. The minimum absolute atomic E-state index is 0.261. The summed E-state index contributed by atoms with van der Waals surface area (Å²) in [7, 11) is 0. The largest absolute Gasteiger partial charge is 0.466 e. The Morgan fingerprint density at radius 2 is 1.70 bits per heavy atom. The highest BCUT2D eigenvalue weighted by molar-refractivity contribution is 9.10. The zero-order chi connectivity index (χ0) is 19.6. The van der Waals surface area contributed by atoms with E-state index in [4.69, 9.17) is 4.74 Å². The molecule has 0 aliphatic carbocycles. The van der Waals surface area contributed by atoms with Gasteiger partial charge in [0.2, 0.25) is 0 Å². The van der Waals surface area contributed by atoms with Crippen LogP contribution in [-0.4, -0.2) is 30.9 Å². The number of benzene rings is 2. The molecule has 0 radical (unpaired) electrons. The predicted molar refractivity (Wildman–Crippen MR) is 107 cm³/mol. The Kier molecular flexibility index (Phi) is 8.00. The van der Waals surface area contributed by atoms with E-state index in [0.717, 1.165) is 4.47 Å². The molecule has 7 heteroatoms. The van der Waals surface area contributed by atoms with Crippen molar-refractivity contribution < 1.29 is 19.1 Å². The first kappa shape index (κ1) is 20.6. The molecule has 0 atom stereocenters. The second kappa shape index (κ2) is 10.5. The highest BCUT2D eigenvalue weighted by Crippen LogP contribution is 2.15. The molecule has 142 valence electrons. The summed E-state index contributed by atoms with van der Waals surface area (Å²) in [5, 5.41) is 5.53. The zero-order valence-electron chi connectivity index (χ0n) is 15.0. The van der Waals surface area contributed by atoms with Crippen LogP contribution in [0.25, 0.3) is 0 Å². The lowest BCUT2D eigenvalue weighted by Gasteiger charge is -2.09. The molecule has 2 aromatic rings. The fourth-order valence-electron chi connectivity index (χ4n) is 2.34. The van der Waals surface area contributed by atoms with E-state index in [1.807, 2.05) is 6.07 Å². The van der Waals surface area contributed by atoms with Crippen LogP contribution in [0.2, 0.25) is 0 Å². The van der Waals surface area contributed by atoms with E-state index in [9.17, 15) is 14.4 Å². The lowest BCUT2D eigenvalue weighted by Crippen LogP contribution is -2.25. The first-order valence-electron chi connectivity index (χ1n) is 8.60. The van der Waals surface area contributed by atoms with E-state index in [2.05, 4.69) is 26.6 Å². The number of ether oxygens (including phenoxy) is 1. The van der Waals surface area contributed by atoms with Gasteiger partial charge in [0.15, 0.2) is 0 Å². The maximum Gasteiger partial charge on any atom is 0.305 e. The number of anilines is 1. The number of esters is 1. The fourth-order valence-corrected chi connectivity index (χ4v) is 2.74. The summed E-state index contributed by atoms with van der Waals surface area (Å²) in [4.78, 5) is 35.8. The Morgan fingerprint density at radius 3 is 2.41 bits per heavy atom. The molecular formula is C20H21BrN2O4. The molecule has 0 heterocycles. The van der Waals surface area contributed by atoms with Gasteiger partial charge in [0, 0.05) is 34.3 Å². The molecular weight excluding hydrogens is 412 g/mol. The number of carbonyl (C=O) groups excluding carboxylic acids is 3. The highest BCUT2D eigenvalue weighted by atomic mass is 79.9. The van der Waals surface area contributed by atoms with Gasteiger partial charge in [0.25, 0.3) is 11.8 Å². The van der Waals surface area contributed by atoms with Crippen molar-refractivity contribution in [3.8, 4) is 0 Å². The Bertz CT molecular complexity index is 823. The molecule has 0 saturated carbocycles. The molecule has 2 amide bonds. The normalized spacial score (nSPS) is 10.1. The summed E-state index contributed by atoms with van der Waals surface area (Å²) in [6.07, 6.45) is 0.765. The van der Waals surface area contributed by atoms with Crippen molar-refractivity contribution >= 4 is 39.4 Å². The quantitative estimate of drug-likeness (QED) is 0.490. The number of halogens is 1. The number of nitrogens with one attached hydrogen (secondary N) is 2. The molecule has 0 fully saturated rings. The lowest BCUT2D eigenvalue weighted by molar-refractivity contribution is -0.143. The Labute approximate surface area is 166 Å².